The third-order valence-electron chi connectivity index (χ3n) is 3.53. The smallest absolute Gasteiger partial charge is 0.407 e. The van der Waals surface area contributed by atoms with Gasteiger partial charge in [0.1, 0.15) is 5.82 Å². The van der Waals surface area contributed by atoms with Gasteiger partial charge in [0.05, 0.1) is 10.6 Å². The fraction of sp³-hybridized carbons (Fsp3) is 0.583. The van der Waals surface area contributed by atoms with Gasteiger partial charge in [-0.1, -0.05) is 0 Å². The molecule has 0 bridgehead atoms. The maximum atomic E-state index is 11.0. The summed E-state index contributed by atoms with van der Waals surface area (Å²) in [5.41, 5.74) is 0.989. The van der Waals surface area contributed by atoms with Gasteiger partial charge >= 0.3 is 6.09 Å². The summed E-state index contributed by atoms with van der Waals surface area (Å²) in [5.74, 6) is 1.74. The highest BCUT2D eigenvalue weighted by Crippen LogP contribution is 2.36. The van der Waals surface area contributed by atoms with Gasteiger partial charge in [0, 0.05) is 31.3 Å². The Morgan fingerprint density at radius 2 is 2.35 bits per heavy atom. The van der Waals surface area contributed by atoms with E-state index in [2.05, 4.69) is 15.3 Å². The van der Waals surface area contributed by atoms with Crippen LogP contribution in [-0.4, -0.2) is 51.0 Å². The van der Waals surface area contributed by atoms with Crippen molar-refractivity contribution in [2.45, 2.75) is 30.2 Å². The number of carbonyl (C=O) groups is 1. The van der Waals surface area contributed by atoms with Crippen LogP contribution in [0.25, 0.3) is 0 Å². The second kappa shape index (κ2) is 5.65. The summed E-state index contributed by atoms with van der Waals surface area (Å²) >= 11 is 7.67. The highest BCUT2D eigenvalue weighted by Gasteiger charge is 2.26. The summed E-state index contributed by atoms with van der Waals surface area (Å²) in [6, 6.07) is 0.0797. The lowest BCUT2D eigenvalue weighted by atomic mass is 10.1. The number of aromatic nitrogens is 2. The van der Waals surface area contributed by atoms with Gasteiger partial charge < -0.3 is 15.3 Å². The zero-order chi connectivity index (χ0) is 14.1. The number of halogens is 1. The highest BCUT2D eigenvalue weighted by atomic mass is 35.5. The molecule has 20 heavy (non-hydrogen) atoms. The normalized spacial score (nSPS) is 21.6. The van der Waals surface area contributed by atoms with Crippen molar-refractivity contribution < 1.29 is 9.90 Å². The Hall–Kier alpha value is -1.21. The van der Waals surface area contributed by atoms with E-state index in [9.17, 15) is 4.79 Å². The second-order valence-electron chi connectivity index (χ2n) is 4.93. The number of nitrogens with zero attached hydrogens (tertiary/aromatic N) is 3. The van der Waals surface area contributed by atoms with Crippen LogP contribution in [0.3, 0.4) is 0 Å². The fourth-order valence-corrected chi connectivity index (χ4v) is 3.84. The average molecular weight is 315 g/mol. The van der Waals surface area contributed by atoms with Crippen LogP contribution in [0, 0.1) is 0 Å². The molecule has 1 amide bonds. The summed E-state index contributed by atoms with van der Waals surface area (Å²) in [7, 11) is 0. The number of likely N-dealkylation sites (tertiary alicyclic amines) is 1. The van der Waals surface area contributed by atoms with Gasteiger partial charge in [0.2, 0.25) is 5.28 Å². The number of anilines is 1. The molecule has 8 heteroatoms. The molecule has 2 aliphatic heterocycles. The number of amides is 1. The van der Waals surface area contributed by atoms with Crippen LogP contribution in [0.15, 0.2) is 4.90 Å². The molecule has 6 nitrogen and oxygen atoms in total. The standard InChI is InChI=1S/C12H15ClN4O2S/c13-11-15-8-3-5-20-9(8)10(16-11)14-7-2-1-4-17(6-7)12(18)19/h7H,1-6H2,(H,18,19)(H,14,15,16). The number of fused-ring (bicyclic) bond motifs is 1. The minimum atomic E-state index is -0.864. The molecule has 2 N–H and O–H groups in total. The summed E-state index contributed by atoms with van der Waals surface area (Å²) < 4.78 is 0. The first-order valence-corrected chi connectivity index (χ1v) is 7.93. The Morgan fingerprint density at radius 1 is 1.50 bits per heavy atom. The van der Waals surface area contributed by atoms with Crippen molar-refractivity contribution in [1.29, 1.82) is 0 Å². The van der Waals surface area contributed by atoms with Gasteiger partial charge in [-0.3, -0.25) is 0 Å². The number of thioether (sulfide) groups is 1. The van der Waals surface area contributed by atoms with E-state index in [4.69, 9.17) is 16.7 Å². The molecule has 1 fully saturated rings. The maximum Gasteiger partial charge on any atom is 0.407 e. The fourth-order valence-electron chi connectivity index (χ4n) is 2.60. The van der Waals surface area contributed by atoms with E-state index in [1.165, 1.54) is 4.90 Å². The number of carboxylic acid groups (broad SMARTS) is 1. The zero-order valence-corrected chi connectivity index (χ0v) is 12.4. The Labute approximate surface area is 125 Å². The highest BCUT2D eigenvalue weighted by molar-refractivity contribution is 7.99. The first-order chi connectivity index (χ1) is 9.63. The maximum absolute atomic E-state index is 11.0. The summed E-state index contributed by atoms with van der Waals surface area (Å²) in [6.07, 6.45) is 1.84. The first kappa shape index (κ1) is 13.8. The topological polar surface area (TPSA) is 78.4 Å². The molecule has 1 aromatic rings. The van der Waals surface area contributed by atoms with E-state index in [-0.39, 0.29) is 11.3 Å². The van der Waals surface area contributed by atoms with E-state index in [1.54, 1.807) is 11.8 Å². The molecule has 1 atom stereocenters. The molecule has 108 valence electrons. The Bertz CT molecular complexity index is 542. The molecule has 1 unspecified atom stereocenters. The molecule has 2 aliphatic rings. The Balaban J connectivity index is 1.76. The predicted octanol–water partition coefficient (Wildman–Crippen LogP) is 2.33. The number of hydrogen-bond donors (Lipinski definition) is 2. The Morgan fingerprint density at radius 3 is 3.15 bits per heavy atom. The molecule has 1 saturated heterocycles. The van der Waals surface area contributed by atoms with Gasteiger partial charge in [0.25, 0.3) is 0 Å². The van der Waals surface area contributed by atoms with Crippen LogP contribution in [0.5, 0.6) is 0 Å². The van der Waals surface area contributed by atoms with Crippen molar-refractivity contribution >= 4 is 35.3 Å². The van der Waals surface area contributed by atoms with E-state index < -0.39 is 6.09 Å². The van der Waals surface area contributed by atoms with E-state index in [0.717, 1.165) is 41.4 Å². The molecule has 0 radical (unpaired) electrons. The van der Waals surface area contributed by atoms with Crippen molar-refractivity contribution in [2.24, 2.45) is 0 Å². The van der Waals surface area contributed by atoms with Gasteiger partial charge in [-0.25, -0.2) is 9.78 Å². The second-order valence-corrected chi connectivity index (χ2v) is 6.37. The van der Waals surface area contributed by atoms with Crippen molar-refractivity contribution in [3.8, 4) is 0 Å². The van der Waals surface area contributed by atoms with E-state index in [1.807, 2.05) is 0 Å². The number of hydrogen-bond acceptors (Lipinski definition) is 5. The van der Waals surface area contributed by atoms with Gasteiger partial charge in [-0.15, -0.1) is 11.8 Å². The zero-order valence-electron chi connectivity index (χ0n) is 10.8. The molecule has 0 aliphatic carbocycles. The van der Waals surface area contributed by atoms with Crippen LogP contribution in [0.1, 0.15) is 18.5 Å². The van der Waals surface area contributed by atoms with Crippen LogP contribution < -0.4 is 5.32 Å². The van der Waals surface area contributed by atoms with Crippen molar-refractivity contribution in [3.05, 3.63) is 11.0 Å². The third kappa shape index (κ3) is 2.78. The molecular formula is C12H15ClN4O2S. The van der Waals surface area contributed by atoms with Crippen LogP contribution in [-0.2, 0) is 6.42 Å². The number of piperidine rings is 1. The predicted molar refractivity (Wildman–Crippen MR) is 77.7 cm³/mol. The SMILES string of the molecule is O=C(O)N1CCCC(Nc2nc(Cl)nc3c2SCC3)C1. The van der Waals surface area contributed by atoms with Crippen molar-refractivity contribution in [3.63, 3.8) is 0 Å². The minimum Gasteiger partial charge on any atom is -0.465 e. The van der Waals surface area contributed by atoms with Crippen LogP contribution in [0.4, 0.5) is 10.6 Å². The first-order valence-electron chi connectivity index (χ1n) is 6.57. The lowest BCUT2D eigenvalue weighted by Gasteiger charge is -2.31. The monoisotopic (exact) mass is 314 g/mol. The largest absolute Gasteiger partial charge is 0.465 e. The van der Waals surface area contributed by atoms with Crippen molar-refractivity contribution in [1.82, 2.24) is 14.9 Å². The summed E-state index contributed by atoms with van der Waals surface area (Å²) in [4.78, 5) is 22.0. The van der Waals surface area contributed by atoms with Gasteiger partial charge in [0.15, 0.2) is 0 Å². The molecule has 0 spiro atoms. The minimum absolute atomic E-state index is 0.0797. The lowest BCUT2D eigenvalue weighted by molar-refractivity contribution is 0.132. The van der Waals surface area contributed by atoms with Gasteiger partial charge in [-0.05, 0) is 24.4 Å². The number of rotatable bonds is 2. The van der Waals surface area contributed by atoms with Gasteiger partial charge in [-0.2, -0.15) is 4.98 Å². The molecule has 0 aromatic carbocycles. The average Bonchev–Trinajstić information content (AvgIpc) is 2.87. The molecule has 3 heterocycles. The quantitative estimate of drug-likeness (QED) is 0.816. The lowest BCUT2D eigenvalue weighted by Crippen LogP contribution is -2.44. The number of aryl methyl sites for hydroxylation is 1. The summed E-state index contributed by atoms with van der Waals surface area (Å²) in [6.45, 7) is 1.08. The Kier molecular flexibility index (Phi) is 3.89. The summed E-state index contributed by atoms with van der Waals surface area (Å²) in [5, 5.41) is 12.7. The molecule has 3 rings (SSSR count). The molecule has 0 saturated carbocycles. The van der Waals surface area contributed by atoms with Crippen LogP contribution >= 0.6 is 23.4 Å². The van der Waals surface area contributed by atoms with Crippen molar-refractivity contribution in [2.75, 3.05) is 24.2 Å². The third-order valence-corrected chi connectivity index (χ3v) is 4.82. The van der Waals surface area contributed by atoms with Crippen LogP contribution in [0.2, 0.25) is 5.28 Å². The van der Waals surface area contributed by atoms with E-state index >= 15 is 0 Å². The molecule has 1 aromatic heterocycles. The molecular weight excluding hydrogens is 300 g/mol. The van der Waals surface area contributed by atoms with E-state index in [0.29, 0.717) is 13.1 Å². The number of nitrogens with one attached hydrogen (secondary N) is 1.